The van der Waals surface area contributed by atoms with Crippen molar-refractivity contribution >= 4 is 24.1 Å². The molecule has 1 rings (SSSR count). The topological polar surface area (TPSA) is 116 Å². The van der Waals surface area contributed by atoms with Crippen molar-refractivity contribution in [3.05, 3.63) is 22.4 Å². The van der Waals surface area contributed by atoms with Crippen molar-refractivity contribution in [3.8, 4) is 0 Å². The highest BCUT2D eigenvalue weighted by Gasteiger charge is 2.15. The van der Waals surface area contributed by atoms with Gasteiger partial charge in [-0.1, -0.05) is 0 Å². The van der Waals surface area contributed by atoms with Crippen LogP contribution < -0.4 is 11.1 Å². The smallest absolute Gasteiger partial charge is 0.358 e. The van der Waals surface area contributed by atoms with Crippen molar-refractivity contribution in [1.82, 2.24) is 15.1 Å². The van der Waals surface area contributed by atoms with Gasteiger partial charge in [0.2, 0.25) is 5.91 Å². The van der Waals surface area contributed by atoms with Crippen molar-refractivity contribution in [2.24, 2.45) is 5.73 Å². The van der Waals surface area contributed by atoms with Gasteiger partial charge in [0.25, 0.3) is 0 Å². The quantitative estimate of drug-likeness (QED) is 0.583. The predicted octanol–water partition coefficient (Wildman–Crippen LogP) is 0.0666. The van der Waals surface area contributed by atoms with Crippen LogP contribution in [-0.2, 0) is 11.3 Å². The average Bonchev–Trinajstić information content (AvgIpc) is 2.62. The van der Waals surface area contributed by atoms with E-state index in [9.17, 15) is 14.9 Å². The van der Waals surface area contributed by atoms with Crippen LogP contribution in [0.5, 0.6) is 0 Å². The number of nitro groups is 1. The van der Waals surface area contributed by atoms with Crippen molar-refractivity contribution in [2.75, 3.05) is 6.54 Å². The van der Waals surface area contributed by atoms with Crippen LogP contribution in [0.15, 0.2) is 12.3 Å². The third-order valence-corrected chi connectivity index (χ3v) is 1.86. The second kappa shape index (κ2) is 6.31. The molecular formula is C9H16ClN5O3. The Kier molecular flexibility index (Phi) is 5.73. The lowest BCUT2D eigenvalue weighted by atomic mass is 10.1. The molecule has 0 aliphatic rings. The van der Waals surface area contributed by atoms with Gasteiger partial charge in [-0.15, -0.1) is 12.4 Å². The molecule has 0 radical (unpaired) electrons. The molecular weight excluding hydrogens is 262 g/mol. The minimum atomic E-state index is -0.614. The van der Waals surface area contributed by atoms with Crippen LogP contribution in [0.2, 0.25) is 0 Å². The Morgan fingerprint density at radius 3 is 2.72 bits per heavy atom. The summed E-state index contributed by atoms with van der Waals surface area (Å²) in [6, 6.07) is 1.24. The molecule has 0 atom stereocenters. The Labute approximate surface area is 110 Å². The molecule has 0 aromatic carbocycles. The summed E-state index contributed by atoms with van der Waals surface area (Å²) in [5.74, 6) is -0.571. The first-order valence-corrected chi connectivity index (χ1v) is 5.01. The summed E-state index contributed by atoms with van der Waals surface area (Å²) in [5, 5.41) is 16.6. The van der Waals surface area contributed by atoms with Crippen LogP contribution in [0, 0.1) is 10.1 Å². The lowest BCUT2D eigenvalue weighted by Crippen LogP contribution is -2.45. The number of nitrogens with one attached hydrogen (secondary N) is 1. The number of hydrogen-bond acceptors (Lipinski definition) is 5. The van der Waals surface area contributed by atoms with Crippen molar-refractivity contribution < 1.29 is 9.72 Å². The highest BCUT2D eigenvalue weighted by molar-refractivity contribution is 5.85. The van der Waals surface area contributed by atoms with Crippen LogP contribution in [-0.4, -0.2) is 32.7 Å². The first kappa shape index (κ1) is 16.3. The summed E-state index contributed by atoms with van der Waals surface area (Å²) in [5.41, 5.74) is 5.20. The number of rotatable bonds is 5. The Balaban J connectivity index is 0.00000289. The number of nitrogens with zero attached hydrogens (tertiary/aromatic N) is 3. The molecule has 9 heteroatoms. The number of hydrogen-bond donors (Lipinski definition) is 2. The fourth-order valence-corrected chi connectivity index (χ4v) is 1.07. The molecule has 0 aliphatic carbocycles. The highest BCUT2D eigenvalue weighted by Crippen LogP contribution is 2.04. The van der Waals surface area contributed by atoms with Crippen LogP contribution in [0.1, 0.15) is 13.8 Å². The fourth-order valence-electron chi connectivity index (χ4n) is 1.07. The van der Waals surface area contributed by atoms with Crippen molar-refractivity contribution in [2.45, 2.75) is 25.9 Å². The third-order valence-electron chi connectivity index (χ3n) is 1.86. The molecule has 0 saturated heterocycles. The fraction of sp³-hybridized carbons (Fsp3) is 0.556. The first-order valence-electron chi connectivity index (χ1n) is 5.01. The van der Waals surface area contributed by atoms with Gasteiger partial charge in [0, 0.05) is 12.1 Å². The zero-order valence-corrected chi connectivity index (χ0v) is 10.9. The van der Waals surface area contributed by atoms with E-state index in [1.165, 1.54) is 16.9 Å². The molecule has 3 N–H and O–H groups in total. The lowest BCUT2D eigenvalue weighted by Gasteiger charge is -2.18. The van der Waals surface area contributed by atoms with Crippen molar-refractivity contribution in [1.29, 1.82) is 0 Å². The molecule has 0 unspecified atom stereocenters. The van der Waals surface area contributed by atoms with Gasteiger partial charge in [-0.2, -0.15) is 4.68 Å². The Morgan fingerprint density at radius 1 is 1.67 bits per heavy atom. The molecule has 1 aromatic heterocycles. The Bertz CT molecular complexity index is 426. The predicted molar refractivity (Wildman–Crippen MR) is 67.4 cm³/mol. The maximum atomic E-state index is 11.4. The number of carbonyl (C=O) groups is 1. The number of nitrogens with two attached hydrogens (primary N) is 1. The minimum Gasteiger partial charge on any atom is -0.358 e. The van der Waals surface area contributed by atoms with E-state index in [4.69, 9.17) is 5.73 Å². The minimum absolute atomic E-state index is 0. The lowest BCUT2D eigenvalue weighted by molar-refractivity contribution is -0.389. The standard InChI is InChI=1S/C9H15N5O3.ClH/c1-9(2,10)6-11-8(15)5-13-4-3-7(12-13)14(16)17;/h3-4H,5-6,10H2,1-2H3,(H,11,15);1H. The van der Waals surface area contributed by atoms with Gasteiger partial charge in [0.05, 0.1) is 17.4 Å². The average molecular weight is 278 g/mol. The van der Waals surface area contributed by atoms with E-state index < -0.39 is 10.5 Å². The SMILES string of the molecule is CC(C)(N)CNC(=O)Cn1ccc([N+](=O)[O-])n1.Cl. The molecule has 18 heavy (non-hydrogen) atoms. The summed E-state index contributed by atoms with van der Waals surface area (Å²) in [7, 11) is 0. The maximum Gasteiger partial charge on any atom is 0.389 e. The van der Waals surface area contributed by atoms with Crippen LogP contribution in [0.3, 0.4) is 0 Å². The van der Waals surface area contributed by atoms with Gasteiger partial charge in [-0.25, -0.2) is 0 Å². The van der Waals surface area contributed by atoms with Gasteiger partial charge < -0.3 is 21.2 Å². The van der Waals surface area contributed by atoms with Crippen LogP contribution in [0.25, 0.3) is 0 Å². The Morgan fingerprint density at radius 2 is 2.28 bits per heavy atom. The molecule has 1 aromatic rings. The summed E-state index contributed by atoms with van der Waals surface area (Å²) >= 11 is 0. The zero-order valence-electron chi connectivity index (χ0n) is 10.1. The van der Waals surface area contributed by atoms with E-state index >= 15 is 0 Å². The number of aromatic nitrogens is 2. The second-order valence-corrected chi connectivity index (χ2v) is 4.39. The van der Waals surface area contributed by atoms with Crippen LogP contribution in [0.4, 0.5) is 5.82 Å². The van der Waals surface area contributed by atoms with E-state index in [0.29, 0.717) is 6.54 Å². The highest BCUT2D eigenvalue weighted by atomic mass is 35.5. The first-order chi connectivity index (χ1) is 7.78. The van der Waals surface area contributed by atoms with Crippen LogP contribution >= 0.6 is 12.4 Å². The van der Waals surface area contributed by atoms with Gasteiger partial charge in [-0.3, -0.25) is 4.79 Å². The van der Waals surface area contributed by atoms with Crippen molar-refractivity contribution in [3.63, 3.8) is 0 Å². The second-order valence-electron chi connectivity index (χ2n) is 4.39. The van der Waals surface area contributed by atoms with E-state index in [2.05, 4.69) is 10.4 Å². The molecule has 8 nitrogen and oxygen atoms in total. The van der Waals surface area contributed by atoms with Gasteiger partial charge in [-0.05, 0) is 18.8 Å². The van der Waals surface area contributed by atoms with E-state index in [1.807, 2.05) is 0 Å². The molecule has 0 saturated carbocycles. The normalized spacial score (nSPS) is 10.6. The molecule has 1 heterocycles. The number of carbonyl (C=O) groups excluding carboxylic acids is 1. The van der Waals surface area contributed by atoms with E-state index in [-0.39, 0.29) is 30.7 Å². The molecule has 0 spiro atoms. The summed E-state index contributed by atoms with van der Waals surface area (Å²) < 4.78 is 1.21. The van der Waals surface area contributed by atoms with Gasteiger partial charge in [0.1, 0.15) is 6.54 Å². The molecule has 0 bridgehead atoms. The van der Waals surface area contributed by atoms with E-state index in [1.54, 1.807) is 13.8 Å². The maximum absolute atomic E-state index is 11.4. The summed E-state index contributed by atoms with van der Waals surface area (Å²) in [6.07, 6.45) is 1.38. The summed E-state index contributed by atoms with van der Waals surface area (Å²) in [6.45, 7) is 3.83. The number of halogens is 1. The van der Waals surface area contributed by atoms with E-state index in [0.717, 1.165) is 0 Å². The molecule has 102 valence electrons. The third kappa shape index (κ3) is 5.60. The van der Waals surface area contributed by atoms with Gasteiger partial charge >= 0.3 is 5.82 Å². The van der Waals surface area contributed by atoms with Gasteiger partial charge in [0.15, 0.2) is 0 Å². The largest absolute Gasteiger partial charge is 0.389 e. The Hall–Kier alpha value is -1.67. The molecule has 0 aliphatic heterocycles. The molecule has 1 amide bonds. The zero-order chi connectivity index (χ0) is 13.1. The number of amides is 1. The molecule has 0 fully saturated rings. The summed E-state index contributed by atoms with van der Waals surface area (Å²) in [4.78, 5) is 21.2. The monoisotopic (exact) mass is 277 g/mol.